The van der Waals surface area contributed by atoms with Crippen molar-refractivity contribution in [2.24, 2.45) is 11.8 Å². The summed E-state index contributed by atoms with van der Waals surface area (Å²) in [5, 5.41) is 3.54. The Balaban J connectivity index is 1.70. The molecule has 1 fully saturated rings. The third-order valence-electron chi connectivity index (χ3n) is 3.14. The lowest BCUT2D eigenvalue weighted by molar-refractivity contribution is 0.461. The summed E-state index contributed by atoms with van der Waals surface area (Å²) in [4.78, 5) is 0. The van der Waals surface area contributed by atoms with Gasteiger partial charge in [-0.2, -0.15) is 0 Å². The Morgan fingerprint density at radius 2 is 2.00 bits per heavy atom. The van der Waals surface area contributed by atoms with Crippen molar-refractivity contribution in [3.63, 3.8) is 0 Å². The molecule has 0 radical (unpaired) electrons. The maximum Gasteiger partial charge on any atom is 0.0205 e. The lowest BCUT2D eigenvalue weighted by Crippen LogP contribution is -2.21. The highest BCUT2D eigenvalue weighted by atomic mass is 127. The van der Waals surface area contributed by atoms with Gasteiger partial charge in [0.05, 0.1) is 0 Å². The van der Waals surface area contributed by atoms with Crippen LogP contribution in [0.2, 0.25) is 0 Å². The fraction of sp³-hybridized carbons (Fsp3) is 0.538. The zero-order valence-corrected chi connectivity index (χ0v) is 11.3. The summed E-state index contributed by atoms with van der Waals surface area (Å²) >= 11 is 2.34. The molecule has 82 valence electrons. The van der Waals surface area contributed by atoms with Gasteiger partial charge in [-0.3, -0.25) is 0 Å². The first-order chi connectivity index (χ1) is 7.25. The van der Waals surface area contributed by atoms with Gasteiger partial charge < -0.3 is 5.32 Å². The molecule has 2 rings (SSSR count). The molecule has 1 aliphatic carbocycles. The fourth-order valence-electron chi connectivity index (χ4n) is 1.88. The third-order valence-corrected chi connectivity index (χ3v) is 3.85. The van der Waals surface area contributed by atoms with Gasteiger partial charge in [-0.05, 0) is 71.5 Å². The number of nitrogens with one attached hydrogen (secondary N) is 1. The number of hydrogen-bond acceptors (Lipinski definition) is 1. The topological polar surface area (TPSA) is 12.0 Å². The molecule has 1 nitrogen and oxygen atoms in total. The first-order valence-electron chi connectivity index (χ1n) is 5.71. The van der Waals surface area contributed by atoms with E-state index in [4.69, 9.17) is 0 Å². The zero-order chi connectivity index (χ0) is 10.7. The third kappa shape index (κ3) is 3.76. The Kier molecular flexibility index (Phi) is 4.03. The van der Waals surface area contributed by atoms with Crippen molar-refractivity contribution in [1.82, 2.24) is 5.32 Å². The van der Waals surface area contributed by atoms with E-state index in [2.05, 4.69) is 59.1 Å². The van der Waals surface area contributed by atoms with Crippen molar-refractivity contribution in [3.8, 4) is 0 Å². The predicted octanol–water partition coefficient (Wildman–Crippen LogP) is 3.43. The summed E-state index contributed by atoms with van der Waals surface area (Å²) in [6, 6.07) is 8.75. The van der Waals surface area contributed by atoms with Crippen LogP contribution in [0.5, 0.6) is 0 Å². The lowest BCUT2D eigenvalue weighted by Gasteiger charge is -2.11. The molecule has 1 unspecified atom stereocenters. The van der Waals surface area contributed by atoms with Gasteiger partial charge in [0, 0.05) is 10.1 Å². The number of rotatable bonds is 5. The van der Waals surface area contributed by atoms with E-state index >= 15 is 0 Å². The molecule has 0 bridgehead atoms. The second kappa shape index (κ2) is 5.30. The van der Waals surface area contributed by atoms with E-state index in [1.807, 2.05) is 0 Å². The minimum Gasteiger partial charge on any atom is -0.312 e. The maximum absolute atomic E-state index is 3.54. The minimum atomic E-state index is 0.855. The molecule has 0 aliphatic heterocycles. The molecule has 0 saturated heterocycles. The first kappa shape index (κ1) is 11.4. The van der Waals surface area contributed by atoms with Crippen molar-refractivity contribution in [2.45, 2.75) is 26.3 Å². The SMILES string of the molecule is CC(CNCc1ccc(I)cc1)C1CC1. The van der Waals surface area contributed by atoms with Crippen LogP contribution in [0.1, 0.15) is 25.3 Å². The van der Waals surface area contributed by atoms with Gasteiger partial charge in [0.2, 0.25) is 0 Å². The average molecular weight is 315 g/mol. The lowest BCUT2D eigenvalue weighted by atomic mass is 10.1. The monoisotopic (exact) mass is 315 g/mol. The van der Waals surface area contributed by atoms with E-state index in [9.17, 15) is 0 Å². The van der Waals surface area contributed by atoms with E-state index < -0.39 is 0 Å². The summed E-state index contributed by atoms with van der Waals surface area (Å²) in [5.74, 6) is 1.86. The Morgan fingerprint density at radius 1 is 1.33 bits per heavy atom. The van der Waals surface area contributed by atoms with Crippen molar-refractivity contribution in [1.29, 1.82) is 0 Å². The molecular formula is C13H18IN. The van der Waals surface area contributed by atoms with Crippen molar-refractivity contribution in [2.75, 3.05) is 6.54 Å². The molecule has 1 aromatic rings. The second-order valence-corrected chi connectivity index (χ2v) is 5.82. The number of hydrogen-bond donors (Lipinski definition) is 1. The Labute approximate surface area is 106 Å². The van der Waals surface area contributed by atoms with Crippen LogP contribution in [0.15, 0.2) is 24.3 Å². The normalized spacial score (nSPS) is 17.7. The van der Waals surface area contributed by atoms with Crippen LogP contribution in [0.3, 0.4) is 0 Å². The predicted molar refractivity (Wildman–Crippen MR) is 72.8 cm³/mol. The molecule has 1 aliphatic rings. The molecule has 0 amide bonds. The molecule has 1 atom stereocenters. The number of benzene rings is 1. The molecule has 15 heavy (non-hydrogen) atoms. The highest BCUT2D eigenvalue weighted by molar-refractivity contribution is 14.1. The molecule has 1 aromatic carbocycles. The summed E-state index contributed by atoms with van der Waals surface area (Å²) in [6.45, 7) is 4.53. The Morgan fingerprint density at radius 3 is 2.60 bits per heavy atom. The van der Waals surface area contributed by atoms with Gasteiger partial charge in [0.15, 0.2) is 0 Å². The second-order valence-electron chi connectivity index (χ2n) is 4.57. The van der Waals surface area contributed by atoms with E-state index in [0.29, 0.717) is 0 Å². The van der Waals surface area contributed by atoms with Crippen molar-refractivity contribution < 1.29 is 0 Å². The van der Waals surface area contributed by atoms with Crippen molar-refractivity contribution >= 4 is 22.6 Å². The Hall–Kier alpha value is -0.0900. The highest BCUT2D eigenvalue weighted by Crippen LogP contribution is 2.36. The molecule has 2 heteroatoms. The average Bonchev–Trinajstić information content (AvgIpc) is 3.04. The van der Waals surface area contributed by atoms with Gasteiger partial charge in [-0.1, -0.05) is 19.1 Å². The Bertz CT molecular complexity index is 303. The van der Waals surface area contributed by atoms with Gasteiger partial charge in [0.25, 0.3) is 0 Å². The highest BCUT2D eigenvalue weighted by Gasteiger charge is 2.27. The summed E-state index contributed by atoms with van der Waals surface area (Å²) in [5.41, 5.74) is 1.39. The first-order valence-corrected chi connectivity index (χ1v) is 6.79. The van der Waals surface area contributed by atoms with Crippen LogP contribution in [-0.2, 0) is 6.54 Å². The maximum atomic E-state index is 3.54. The molecule has 0 heterocycles. The summed E-state index contributed by atoms with van der Waals surface area (Å²) < 4.78 is 1.31. The molecule has 0 aromatic heterocycles. The van der Waals surface area contributed by atoms with Crippen molar-refractivity contribution in [3.05, 3.63) is 33.4 Å². The quantitative estimate of drug-likeness (QED) is 0.821. The number of halogens is 1. The van der Waals surface area contributed by atoms with Gasteiger partial charge in [-0.25, -0.2) is 0 Å². The molecular weight excluding hydrogens is 297 g/mol. The van der Waals surface area contributed by atoms with Gasteiger partial charge in [-0.15, -0.1) is 0 Å². The minimum absolute atomic E-state index is 0.855. The fourth-order valence-corrected chi connectivity index (χ4v) is 2.24. The van der Waals surface area contributed by atoms with E-state index in [-0.39, 0.29) is 0 Å². The van der Waals surface area contributed by atoms with E-state index in [1.165, 1.54) is 22.0 Å². The molecule has 1 saturated carbocycles. The van der Waals surface area contributed by atoms with Crippen LogP contribution in [0, 0.1) is 15.4 Å². The zero-order valence-electron chi connectivity index (χ0n) is 9.17. The van der Waals surface area contributed by atoms with Crippen LogP contribution < -0.4 is 5.32 Å². The van der Waals surface area contributed by atoms with Crippen LogP contribution in [-0.4, -0.2) is 6.54 Å². The summed E-state index contributed by atoms with van der Waals surface area (Å²) in [6.07, 6.45) is 2.90. The largest absolute Gasteiger partial charge is 0.312 e. The van der Waals surface area contributed by atoms with Gasteiger partial charge >= 0.3 is 0 Å². The van der Waals surface area contributed by atoms with E-state index in [0.717, 1.165) is 24.9 Å². The molecule has 1 N–H and O–H groups in total. The summed E-state index contributed by atoms with van der Waals surface area (Å²) in [7, 11) is 0. The molecule has 0 spiro atoms. The standard InChI is InChI=1S/C13H18IN/c1-10(12-4-5-12)8-15-9-11-2-6-13(14)7-3-11/h2-3,6-7,10,12,15H,4-5,8-9H2,1H3. The van der Waals surface area contributed by atoms with Gasteiger partial charge in [0.1, 0.15) is 0 Å². The van der Waals surface area contributed by atoms with Crippen LogP contribution in [0.4, 0.5) is 0 Å². The van der Waals surface area contributed by atoms with E-state index in [1.54, 1.807) is 0 Å². The smallest absolute Gasteiger partial charge is 0.0205 e. The van der Waals surface area contributed by atoms with Crippen LogP contribution >= 0.6 is 22.6 Å². The van der Waals surface area contributed by atoms with Crippen LogP contribution in [0.25, 0.3) is 0 Å².